The highest BCUT2D eigenvalue weighted by molar-refractivity contribution is 5.93. The van der Waals surface area contributed by atoms with Gasteiger partial charge in [0.2, 0.25) is 17.7 Å². The summed E-state index contributed by atoms with van der Waals surface area (Å²) in [6.45, 7) is 3.96. The Morgan fingerprint density at radius 3 is 2.23 bits per heavy atom. The number of fused-ring (bicyclic) bond motifs is 1. The maximum Gasteiger partial charge on any atom is 0.246 e. The molecule has 0 aromatic heterocycles. The molecule has 0 aliphatic carbocycles. The van der Waals surface area contributed by atoms with Gasteiger partial charge in [-0.15, -0.1) is 0 Å². The first-order chi connectivity index (χ1) is 18.5. The molecule has 7 heteroatoms. The van der Waals surface area contributed by atoms with Gasteiger partial charge in [0, 0.05) is 39.6 Å². The number of rotatable bonds is 11. The van der Waals surface area contributed by atoms with Crippen LogP contribution in [0.3, 0.4) is 0 Å². The number of carbonyl (C=O) groups is 3. The third-order valence-corrected chi connectivity index (χ3v) is 6.84. The van der Waals surface area contributed by atoms with E-state index in [1.165, 1.54) is 11.0 Å². The third kappa shape index (κ3) is 8.26. The summed E-state index contributed by atoms with van der Waals surface area (Å²) in [5, 5.41) is 4.88. The van der Waals surface area contributed by atoms with Crippen LogP contribution in [-0.4, -0.2) is 66.8 Å². The Balaban J connectivity index is 1.89. The van der Waals surface area contributed by atoms with Crippen LogP contribution in [-0.2, 0) is 20.8 Å². The number of hydrogen-bond acceptors (Lipinski definition) is 4. The molecular formula is C32H40N4O3. The van der Waals surface area contributed by atoms with Crippen molar-refractivity contribution in [3.63, 3.8) is 0 Å². The van der Waals surface area contributed by atoms with E-state index >= 15 is 0 Å². The van der Waals surface area contributed by atoms with Crippen molar-refractivity contribution >= 4 is 28.5 Å². The first-order valence-electron chi connectivity index (χ1n) is 13.2. The Morgan fingerprint density at radius 1 is 0.949 bits per heavy atom. The monoisotopic (exact) mass is 528 g/mol. The number of nitrogens with two attached hydrogens (primary N) is 1. The summed E-state index contributed by atoms with van der Waals surface area (Å²) >= 11 is 0. The maximum absolute atomic E-state index is 13.9. The van der Waals surface area contributed by atoms with Crippen LogP contribution in [0.2, 0.25) is 0 Å². The van der Waals surface area contributed by atoms with Gasteiger partial charge in [0.15, 0.2) is 0 Å². The predicted octanol–water partition coefficient (Wildman–Crippen LogP) is 3.88. The number of nitrogens with one attached hydrogen (secondary N) is 1. The standard InChI is InChI=1S/C32H40N4O3/c1-32(2,33)19-11-16-29(37)36(5)28(21-23-17-18-24-12-9-10-15-26(24)20-23)31(39)35(4)22-27(30(38)34-3)25-13-7-6-8-14-25/h6-18,20,27-28H,19,21-22,33H2,1-5H3,(H,34,38)/b16-11+/t27?,28-/m1/s1. The highest BCUT2D eigenvalue weighted by Crippen LogP contribution is 2.21. The van der Waals surface area contributed by atoms with Gasteiger partial charge in [-0.05, 0) is 48.2 Å². The fourth-order valence-electron chi connectivity index (χ4n) is 4.53. The van der Waals surface area contributed by atoms with E-state index in [1.807, 2.05) is 80.6 Å². The molecule has 206 valence electrons. The molecule has 3 amide bonds. The molecule has 0 fully saturated rings. The minimum Gasteiger partial charge on any atom is -0.359 e. The van der Waals surface area contributed by atoms with Crippen molar-refractivity contribution in [2.75, 3.05) is 27.7 Å². The van der Waals surface area contributed by atoms with Crippen molar-refractivity contribution in [3.8, 4) is 0 Å². The van der Waals surface area contributed by atoms with E-state index in [4.69, 9.17) is 5.73 Å². The van der Waals surface area contributed by atoms with Gasteiger partial charge >= 0.3 is 0 Å². The van der Waals surface area contributed by atoms with Gasteiger partial charge in [0.1, 0.15) is 6.04 Å². The van der Waals surface area contributed by atoms with Crippen molar-refractivity contribution in [1.82, 2.24) is 15.1 Å². The number of nitrogens with zero attached hydrogens (tertiary/aromatic N) is 2. The van der Waals surface area contributed by atoms with Crippen LogP contribution in [0.15, 0.2) is 84.9 Å². The van der Waals surface area contributed by atoms with Gasteiger partial charge in [-0.3, -0.25) is 14.4 Å². The number of amides is 3. The summed E-state index contributed by atoms with van der Waals surface area (Å²) in [7, 11) is 4.91. The minimum atomic E-state index is -0.764. The molecule has 0 spiro atoms. The van der Waals surface area contributed by atoms with Gasteiger partial charge in [-0.25, -0.2) is 0 Å². The van der Waals surface area contributed by atoms with E-state index in [1.54, 1.807) is 32.1 Å². The summed E-state index contributed by atoms with van der Waals surface area (Å²) in [6.07, 6.45) is 4.09. The lowest BCUT2D eigenvalue weighted by Gasteiger charge is -2.32. The quantitative estimate of drug-likeness (QED) is 0.369. The molecule has 3 aromatic carbocycles. The largest absolute Gasteiger partial charge is 0.359 e. The molecule has 39 heavy (non-hydrogen) atoms. The Labute approximate surface area is 231 Å². The average Bonchev–Trinajstić information content (AvgIpc) is 2.93. The molecule has 3 N–H and O–H groups in total. The zero-order valence-electron chi connectivity index (χ0n) is 23.6. The van der Waals surface area contributed by atoms with E-state index in [0.29, 0.717) is 12.8 Å². The Morgan fingerprint density at radius 2 is 1.59 bits per heavy atom. The second-order valence-electron chi connectivity index (χ2n) is 10.7. The molecule has 0 bridgehead atoms. The van der Waals surface area contributed by atoms with Crippen molar-refractivity contribution in [1.29, 1.82) is 0 Å². The highest BCUT2D eigenvalue weighted by atomic mass is 16.2. The zero-order chi connectivity index (χ0) is 28.6. The Bertz CT molecular complexity index is 1310. The molecule has 2 atom stereocenters. The molecular weight excluding hydrogens is 488 g/mol. The third-order valence-electron chi connectivity index (χ3n) is 6.84. The lowest BCUT2D eigenvalue weighted by molar-refractivity contribution is -0.142. The van der Waals surface area contributed by atoms with Crippen LogP contribution in [0.5, 0.6) is 0 Å². The minimum absolute atomic E-state index is 0.177. The molecule has 0 aliphatic heterocycles. The number of hydrogen-bond donors (Lipinski definition) is 2. The molecule has 0 aliphatic rings. The number of carbonyl (C=O) groups excluding carboxylic acids is 3. The zero-order valence-corrected chi connectivity index (χ0v) is 23.6. The van der Waals surface area contributed by atoms with E-state index in [-0.39, 0.29) is 24.3 Å². The predicted molar refractivity (Wildman–Crippen MR) is 157 cm³/mol. The lowest BCUT2D eigenvalue weighted by atomic mass is 9.96. The Kier molecular flexibility index (Phi) is 10.0. The lowest BCUT2D eigenvalue weighted by Crippen LogP contribution is -2.50. The molecule has 0 heterocycles. The topological polar surface area (TPSA) is 95.7 Å². The van der Waals surface area contributed by atoms with Gasteiger partial charge in [-0.2, -0.15) is 0 Å². The molecule has 3 aromatic rings. The molecule has 0 saturated heterocycles. The fourth-order valence-corrected chi connectivity index (χ4v) is 4.53. The first-order valence-corrected chi connectivity index (χ1v) is 13.2. The Hall–Kier alpha value is -3.97. The van der Waals surface area contributed by atoms with Gasteiger partial charge in [-0.1, -0.05) is 78.9 Å². The molecule has 0 radical (unpaired) electrons. The van der Waals surface area contributed by atoms with Crippen LogP contribution in [0, 0.1) is 0 Å². The van der Waals surface area contributed by atoms with Crippen LogP contribution in [0.4, 0.5) is 0 Å². The van der Waals surface area contributed by atoms with E-state index in [2.05, 4.69) is 11.4 Å². The summed E-state index contributed by atoms with van der Waals surface area (Å²) in [6, 6.07) is 22.7. The van der Waals surface area contributed by atoms with Crippen molar-refractivity contribution in [2.45, 2.75) is 44.2 Å². The van der Waals surface area contributed by atoms with E-state index < -0.39 is 17.5 Å². The number of likely N-dealkylation sites (N-methyl/N-ethyl adjacent to an activating group) is 3. The van der Waals surface area contributed by atoms with Crippen LogP contribution >= 0.6 is 0 Å². The van der Waals surface area contributed by atoms with Crippen LogP contribution < -0.4 is 11.1 Å². The smallest absolute Gasteiger partial charge is 0.246 e. The average molecular weight is 529 g/mol. The summed E-state index contributed by atoms with van der Waals surface area (Å²) in [5.74, 6) is -1.24. The van der Waals surface area contributed by atoms with Gasteiger partial charge in [0.25, 0.3) is 0 Å². The van der Waals surface area contributed by atoms with Gasteiger partial charge < -0.3 is 20.9 Å². The van der Waals surface area contributed by atoms with Crippen molar-refractivity contribution in [2.24, 2.45) is 5.73 Å². The second kappa shape index (κ2) is 13.2. The second-order valence-corrected chi connectivity index (χ2v) is 10.7. The van der Waals surface area contributed by atoms with Gasteiger partial charge in [0.05, 0.1) is 5.92 Å². The number of benzene rings is 3. The maximum atomic E-state index is 13.9. The summed E-state index contributed by atoms with van der Waals surface area (Å²) in [4.78, 5) is 42.9. The van der Waals surface area contributed by atoms with E-state index in [9.17, 15) is 14.4 Å². The highest BCUT2D eigenvalue weighted by Gasteiger charge is 2.31. The van der Waals surface area contributed by atoms with E-state index in [0.717, 1.165) is 21.9 Å². The fraction of sp³-hybridized carbons (Fsp3) is 0.344. The molecule has 3 rings (SSSR count). The van der Waals surface area contributed by atoms with Crippen LogP contribution in [0.25, 0.3) is 10.8 Å². The SMILES string of the molecule is CNC(=O)C(CN(C)C(=O)[C@@H](Cc1ccc2ccccc2c1)N(C)C(=O)/C=C/CC(C)(C)N)c1ccccc1. The molecule has 0 saturated carbocycles. The molecule has 1 unspecified atom stereocenters. The van der Waals surface area contributed by atoms with Crippen molar-refractivity contribution in [3.05, 3.63) is 96.1 Å². The summed E-state index contributed by atoms with van der Waals surface area (Å²) in [5.41, 5.74) is 7.37. The first kappa shape index (κ1) is 29.6. The summed E-state index contributed by atoms with van der Waals surface area (Å²) < 4.78 is 0. The normalized spacial score (nSPS) is 13.2. The molecule has 7 nitrogen and oxygen atoms in total. The van der Waals surface area contributed by atoms with Crippen molar-refractivity contribution < 1.29 is 14.4 Å². The van der Waals surface area contributed by atoms with Crippen LogP contribution in [0.1, 0.15) is 37.3 Å².